The van der Waals surface area contributed by atoms with Crippen LogP contribution >= 0.6 is 0 Å². The summed E-state index contributed by atoms with van der Waals surface area (Å²) in [5, 5.41) is 0. The van der Waals surface area contributed by atoms with Crippen LogP contribution in [-0.4, -0.2) is 26.3 Å². The van der Waals surface area contributed by atoms with Crippen LogP contribution in [0.4, 0.5) is 0 Å². The number of carbonyl (C=O) groups is 1. The number of methoxy groups -OCH3 is 2. The lowest BCUT2D eigenvalue weighted by Gasteiger charge is -2.13. The van der Waals surface area contributed by atoms with Gasteiger partial charge in [-0.1, -0.05) is 30.3 Å². The maximum Gasteiger partial charge on any atom is 0.308 e. The second kappa shape index (κ2) is 6.19. The Hall–Kier alpha value is -1.35. The molecular formula is C12H16O3. The summed E-state index contributed by atoms with van der Waals surface area (Å²) in [6.45, 7) is 0. The highest BCUT2D eigenvalue weighted by molar-refractivity contribution is 5.69. The zero-order valence-corrected chi connectivity index (χ0v) is 9.10. The van der Waals surface area contributed by atoms with Gasteiger partial charge in [0.1, 0.15) is 0 Å². The number of carbonyl (C=O) groups excluding carboxylic acids is 1. The molecule has 1 atom stereocenters. The van der Waals surface area contributed by atoms with Gasteiger partial charge in [0, 0.05) is 7.11 Å². The first-order valence-electron chi connectivity index (χ1n) is 4.89. The van der Waals surface area contributed by atoms with E-state index in [0.717, 1.165) is 12.0 Å². The molecule has 0 N–H and O–H groups in total. The van der Waals surface area contributed by atoms with Gasteiger partial charge in [0.25, 0.3) is 0 Å². The molecule has 0 heterocycles. The molecule has 3 heteroatoms. The van der Waals surface area contributed by atoms with E-state index in [4.69, 9.17) is 4.74 Å². The van der Waals surface area contributed by atoms with Crippen molar-refractivity contribution in [2.24, 2.45) is 0 Å². The molecular weight excluding hydrogens is 192 g/mol. The van der Waals surface area contributed by atoms with Crippen molar-refractivity contribution in [2.75, 3.05) is 14.2 Å². The molecule has 0 spiro atoms. The van der Waals surface area contributed by atoms with Crippen molar-refractivity contribution in [1.29, 1.82) is 0 Å². The molecule has 1 unspecified atom stereocenters. The highest BCUT2D eigenvalue weighted by Gasteiger charge is 2.13. The summed E-state index contributed by atoms with van der Waals surface area (Å²) in [6.07, 6.45) is 0.911. The molecule has 0 aliphatic heterocycles. The Morgan fingerprint density at radius 3 is 2.47 bits per heavy atom. The van der Waals surface area contributed by atoms with E-state index in [0.29, 0.717) is 6.42 Å². The normalized spacial score (nSPS) is 12.1. The largest absolute Gasteiger partial charge is 0.469 e. The summed E-state index contributed by atoms with van der Waals surface area (Å²) >= 11 is 0. The van der Waals surface area contributed by atoms with E-state index < -0.39 is 0 Å². The first-order chi connectivity index (χ1) is 7.26. The lowest BCUT2D eigenvalue weighted by Crippen LogP contribution is -2.19. The zero-order chi connectivity index (χ0) is 11.1. The van der Waals surface area contributed by atoms with E-state index in [2.05, 4.69) is 4.74 Å². The molecule has 0 bridgehead atoms. The van der Waals surface area contributed by atoms with Gasteiger partial charge in [-0.25, -0.2) is 0 Å². The number of benzene rings is 1. The summed E-state index contributed by atoms with van der Waals surface area (Å²) in [6, 6.07) is 9.94. The van der Waals surface area contributed by atoms with E-state index in [9.17, 15) is 4.79 Å². The van der Waals surface area contributed by atoms with Crippen LogP contribution in [-0.2, 0) is 20.7 Å². The van der Waals surface area contributed by atoms with Crippen LogP contribution in [0.3, 0.4) is 0 Å². The predicted molar refractivity (Wildman–Crippen MR) is 57.6 cm³/mol. The van der Waals surface area contributed by atoms with E-state index >= 15 is 0 Å². The molecule has 0 aliphatic rings. The SMILES string of the molecule is COC(=O)CC(Cc1ccccc1)OC. The molecule has 0 radical (unpaired) electrons. The lowest BCUT2D eigenvalue weighted by atomic mass is 10.1. The van der Waals surface area contributed by atoms with Crippen LogP contribution in [0.25, 0.3) is 0 Å². The molecule has 3 nitrogen and oxygen atoms in total. The monoisotopic (exact) mass is 208 g/mol. The average Bonchev–Trinajstić information content (AvgIpc) is 2.29. The molecule has 15 heavy (non-hydrogen) atoms. The number of rotatable bonds is 5. The van der Waals surface area contributed by atoms with Crippen molar-refractivity contribution in [3.63, 3.8) is 0 Å². The van der Waals surface area contributed by atoms with Crippen LogP contribution in [0.1, 0.15) is 12.0 Å². The van der Waals surface area contributed by atoms with Gasteiger partial charge in [-0.05, 0) is 12.0 Å². The van der Waals surface area contributed by atoms with Crippen LogP contribution in [0.15, 0.2) is 30.3 Å². The van der Waals surface area contributed by atoms with Gasteiger partial charge in [-0.2, -0.15) is 0 Å². The fourth-order valence-corrected chi connectivity index (χ4v) is 1.39. The number of hydrogen-bond acceptors (Lipinski definition) is 3. The number of ether oxygens (including phenoxy) is 2. The average molecular weight is 208 g/mol. The maximum atomic E-state index is 11.1. The number of hydrogen-bond donors (Lipinski definition) is 0. The van der Waals surface area contributed by atoms with E-state index in [-0.39, 0.29) is 12.1 Å². The first-order valence-corrected chi connectivity index (χ1v) is 4.89. The highest BCUT2D eigenvalue weighted by atomic mass is 16.5. The Morgan fingerprint density at radius 1 is 1.27 bits per heavy atom. The highest BCUT2D eigenvalue weighted by Crippen LogP contribution is 2.08. The van der Waals surface area contributed by atoms with E-state index in [1.54, 1.807) is 7.11 Å². The van der Waals surface area contributed by atoms with Gasteiger partial charge in [-0.15, -0.1) is 0 Å². The fourth-order valence-electron chi connectivity index (χ4n) is 1.39. The first kappa shape index (κ1) is 11.7. The second-order valence-corrected chi connectivity index (χ2v) is 3.33. The van der Waals surface area contributed by atoms with Gasteiger partial charge >= 0.3 is 5.97 Å². The molecule has 82 valence electrons. The molecule has 0 fully saturated rings. The zero-order valence-electron chi connectivity index (χ0n) is 9.10. The molecule has 0 aliphatic carbocycles. The summed E-state index contributed by atoms with van der Waals surface area (Å²) in [7, 11) is 2.99. The van der Waals surface area contributed by atoms with Crippen molar-refractivity contribution in [3.8, 4) is 0 Å². The van der Waals surface area contributed by atoms with Crippen molar-refractivity contribution < 1.29 is 14.3 Å². The Kier molecular flexibility index (Phi) is 4.84. The Balaban J connectivity index is 2.50. The summed E-state index contributed by atoms with van der Waals surface area (Å²) in [4.78, 5) is 11.1. The van der Waals surface area contributed by atoms with Crippen LogP contribution in [0, 0.1) is 0 Å². The Bertz CT molecular complexity index is 295. The van der Waals surface area contributed by atoms with Crippen molar-refractivity contribution in [1.82, 2.24) is 0 Å². The standard InChI is InChI=1S/C12H16O3/c1-14-11(9-12(13)15-2)8-10-6-4-3-5-7-10/h3-7,11H,8-9H2,1-2H3. The predicted octanol–water partition coefficient (Wildman–Crippen LogP) is 1.81. The minimum atomic E-state index is -0.238. The quantitative estimate of drug-likeness (QED) is 0.692. The summed E-state index contributed by atoms with van der Waals surface area (Å²) in [5.74, 6) is -0.238. The summed E-state index contributed by atoms with van der Waals surface area (Å²) in [5.41, 5.74) is 1.16. The van der Waals surface area contributed by atoms with Gasteiger partial charge < -0.3 is 9.47 Å². The van der Waals surface area contributed by atoms with Crippen molar-refractivity contribution >= 4 is 5.97 Å². The molecule has 0 amide bonds. The van der Waals surface area contributed by atoms with Crippen LogP contribution in [0.5, 0.6) is 0 Å². The Morgan fingerprint density at radius 2 is 1.93 bits per heavy atom. The van der Waals surface area contributed by atoms with E-state index in [1.165, 1.54) is 7.11 Å². The third-order valence-electron chi connectivity index (χ3n) is 2.26. The van der Waals surface area contributed by atoms with Gasteiger partial charge in [0.2, 0.25) is 0 Å². The van der Waals surface area contributed by atoms with Gasteiger partial charge in [0.15, 0.2) is 0 Å². The fraction of sp³-hybridized carbons (Fsp3) is 0.417. The third kappa shape index (κ3) is 4.13. The van der Waals surface area contributed by atoms with Gasteiger partial charge in [-0.3, -0.25) is 4.79 Å². The van der Waals surface area contributed by atoms with Crippen molar-refractivity contribution in [3.05, 3.63) is 35.9 Å². The molecule has 1 rings (SSSR count). The van der Waals surface area contributed by atoms with Gasteiger partial charge in [0.05, 0.1) is 19.6 Å². The van der Waals surface area contributed by atoms with Crippen molar-refractivity contribution in [2.45, 2.75) is 18.9 Å². The van der Waals surface area contributed by atoms with E-state index in [1.807, 2.05) is 30.3 Å². The lowest BCUT2D eigenvalue weighted by molar-refractivity contribution is -0.143. The molecule has 0 saturated heterocycles. The second-order valence-electron chi connectivity index (χ2n) is 3.33. The minimum Gasteiger partial charge on any atom is -0.469 e. The molecule has 0 saturated carbocycles. The molecule has 1 aromatic rings. The number of esters is 1. The topological polar surface area (TPSA) is 35.5 Å². The minimum absolute atomic E-state index is 0.111. The Labute approximate surface area is 90.0 Å². The smallest absolute Gasteiger partial charge is 0.308 e. The van der Waals surface area contributed by atoms with Crippen LogP contribution < -0.4 is 0 Å². The van der Waals surface area contributed by atoms with Crippen LogP contribution in [0.2, 0.25) is 0 Å². The molecule has 1 aromatic carbocycles. The summed E-state index contributed by atoms with van der Waals surface area (Å²) < 4.78 is 9.83. The molecule has 0 aromatic heterocycles. The maximum absolute atomic E-state index is 11.1. The third-order valence-corrected chi connectivity index (χ3v) is 2.26.